The van der Waals surface area contributed by atoms with Crippen molar-refractivity contribution in [2.45, 2.75) is 22.7 Å². The molecule has 1 aliphatic heterocycles. The van der Waals surface area contributed by atoms with E-state index in [4.69, 9.17) is 0 Å². The molecule has 1 aliphatic rings. The first kappa shape index (κ1) is 14.2. The first-order chi connectivity index (χ1) is 10.0. The highest BCUT2D eigenvalue weighted by Crippen LogP contribution is 2.50. The Kier molecular flexibility index (Phi) is 3.51. The van der Waals surface area contributed by atoms with Gasteiger partial charge in [-0.3, -0.25) is 4.79 Å². The molecule has 2 atom stereocenters. The number of hydrogen-bond acceptors (Lipinski definition) is 3. The highest BCUT2D eigenvalue weighted by Gasteiger charge is 2.47. The molecular formula is C17H17NO2S. The van der Waals surface area contributed by atoms with E-state index in [9.17, 15) is 9.90 Å². The van der Waals surface area contributed by atoms with E-state index in [1.165, 1.54) is 11.8 Å². The summed E-state index contributed by atoms with van der Waals surface area (Å²) >= 11 is 1.43. The van der Waals surface area contributed by atoms with Crippen LogP contribution in [-0.2, 0) is 4.79 Å². The van der Waals surface area contributed by atoms with Crippen LogP contribution < -0.4 is 4.90 Å². The third-order valence-electron chi connectivity index (χ3n) is 3.91. The Bertz CT molecular complexity index is 674. The Morgan fingerprint density at radius 1 is 1.10 bits per heavy atom. The zero-order valence-corrected chi connectivity index (χ0v) is 12.8. The van der Waals surface area contributed by atoms with Gasteiger partial charge in [-0.25, -0.2) is 0 Å². The molecular weight excluding hydrogens is 282 g/mol. The van der Waals surface area contributed by atoms with Crippen LogP contribution in [0, 0.1) is 0 Å². The second-order valence-electron chi connectivity index (χ2n) is 5.35. The summed E-state index contributed by atoms with van der Waals surface area (Å²) in [7, 11) is 1.76. The molecule has 1 N–H and O–H groups in total. The molecule has 1 heterocycles. The van der Waals surface area contributed by atoms with Crippen molar-refractivity contribution < 1.29 is 9.90 Å². The van der Waals surface area contributed by atoms with Crippen molar-refractivity contribution in [2.24, 2.45) is 0 Å². The Morgan fingerprint density at radius 3 is 2.43 bits per heavy atom. The third kappa shape index (κ3) is 2.24. The maximum atomic E-state index is 12.8. The van der Waals surface area contributed by atoms with Gasteiger partial charge in [0.25, 0.3) is 0 Å². The van der Waals surface area contributed by atoms with E-state index < -0.39 is 10.9 Å². The molecule has 0 unspecified atom stereocenters. The fourth-order valence-corrected chi connectivity index (χ4v) is 4.05. The van der Waals surface area contributed by atoms with Gasteiger partial charge in [0.05, 0.1) is 5.69 Å². The summed E-state index contributed by atoms with van der Waals surface area (Å²) in [6.07, 6.45) is -0.855. The minimum atomic E-state index is -0.926. The van der Waals surface area contributed by atoms with E-state index in [-0.39, 0.29) is 5.91 Å². The van der Waals surface area contributed by atoms with E-state index in [0.717, 1.165) is 16.1 Å². The number of amides is 1. The van der Waals surface area contributed by atoms with Crippen molar-refractivity contribution in [3.63, 3.8) is 0 Å². The maximum Gasteiger partial charge on any atom is 0.246 e. The lowest BCUT2D eigenvalue weighted by Crippen LogP contribution is -2.49. The van der Waals surface area contributed by atoms with E-state index in [1.807, 2.05) is 61.5 Å². The fraction of sp³-hybridized carbons (Fsp3) is 0.235. The van der Waals surface area contributed by atoms with E-state index in [1.54, 1.807) is 11.9 Å². The molecule has 21 heavy (non-hydrogen) atoms. The molecule has 0 saturated heterocycles. The van der Waals surface area contributed by atoms with Crippen molar-refractivity contribution in [2.75, 3.05) is 11.9 Å². The number of thioether (sulfide) groups is 1. The molecule has 2 aromatic rings. The van der Waals surface area contributed by atoms with Gasteiger partial charge < -0.3 is 10.0 Å². The van der Waals surface area contributed by atoms with Crippen LogP contribution in [-0.4, -0.2) is 22.8 Å². The first-order valence-corrected chi connectivity index (χ1v) is 7.65. The second kappa shape index (κ2) is 5.20. The molecule has 2 aromatic carbocycles. The zero-order chi connectivity index (χ0) is 15.0. The molecule has 108 valence electrons. The Labute approximate surface area is 128 Å². The number of carbonyl (C=O) groups is 1. The number of fused-ring (bicyclic) bond motifs is 1. The highest BCUT2D eigenvalue weighted by molar-refractivity contribution is 8.01. The van der Waals surface area contributed by atoms with E-state index >= 15 is 0 Å². The lowest BCUT2D eigenvalue weighted by Gasteiger charge is -2.40. The molecule has 0 aliphatic carbocycles. The van der Waals surface area contributed by atoms with Crippen molar-refractivity contribution >= 4 is 23.4 Å². The number of para-hydroxylation sites is 1. The number of benzene rings is 2. The van der Waals surface area contributed by atoms with Gasteiger partial charge in [0, 0.05) is 11.9 Å². The maximum absolute atomic E-state index is 12.8. The van der Waals surface area contributed by atoms with Crippen molar-refractivity contribution in [1.29, 1.82) is 0 Å². The number of aliphatic hydroxyl groups is 1. The number of anilines is 1. The molecule has 0 aromatic heterocycles. The molecule has 0 spiro atoms. The second-order valence-corrected chi connectivity index (χ2v) is 6.85. The van der Waals surface area contributed by atoms with Crippen LogP contribution in [0.1, 0.15) is 18.6 Å². The van der Waals surface area contributed by atoms with Gasteiger partial charge in [0.15, 0.2) is 0 Å². The summed E-state index contributed by atoms with van der Waals surface area (Å²) in [5, 5.41) is 10.7. The van der Waals surface area contributed by atoms with Gasteiger partial charge in [-0.2, -0.15) is 0 Å². The predicted octanol–water partition coefficient (Wildman–Crippen LogP) is 3.25. The topological polar surface area (TPSA) is 40.5 Å². The highest BCUT2D eigenvalue weighted by atomic mass is 32.2. The van der Waals surface area contributed by atoms with E-state index in [0.29, 0.717) is 0 Å². The minimum absolute atomic E-state index is 0.0810. The molecule has 0 fully saturated rings. The molecule has 0 bridgehead atoms. The molecule has 4 heteroatoms. The Morgan fingerprint density at radius 2 is 1.71 bits per heavy atom. The van der Waals surface area contributed by atoms with Crippen LogP contribution in [0.3, 0.4) is 0 Å². The van der Waals surface area contributed by atoms with Gasteiger partial charge in [-0.15, -0.1) is 11.8 Å². The summed E-state index contributed by atoms with van der Waals surface area (Å²) in [4.78, 5) is 15.4. The van der Waals surface area contributed by atoms with Gasteiger partial charge in [0.1, 0.15) is 10.9 Å². The average Bonchev–Trinajstić information content (AvgIpc) is 2.53. The lowest BCUT2D eigenvalue weighted by molar-refractivity contribution is -0.123. The largest absolute Gasteiger partial charge is 0.386 e. The van der Waals surface area contributed by atoms with Crippen LogP contribution in [0.15, 0.2) is 59.5 Å². The van der Waals surface area contributed by atoms with Gasteiger partial charge in [-0.1, -0.05) is 42.5 Å². The SMILES string of the molecule is CN1C(=O)[C@@](C)([C@H](O)c2ccccc2)Sc2ccccc21. The third-order valence-corrected chi connectivity index (χ3v) is 5.30. The number of hydrogen-bond donors (Lipinski definition) is 1. The standard InChI is InChI=1S/C17H17NO2S/c1-17(15(19)12-8-4-3-5-9-12)16(20)18(2)13-10-6-7-11-14(13)21-17/h3-11,15,19H,1-2H3/t15-,17-/m1/s1. The molecule has 3 rings (SSSR count). The monoisotopic (exact) mass is 299 g/mol. The fourth-order valence-electron chi connectivity index (χ4n) is 2.66. The minimum Gasteiger partial charge on any atom is -0.386 e. The number of rotatable bonds is 2. The summed E-state index contributed by atoms with van der Waals surface area (Å²) in [5.74, 6) is -0.0810. The van der Waals surface area contributed by atoms with Crippen molar-refractivity contribution in [3.05, 3.63) is 60.2 Å². The smallest absolute Gasteiger partial charge is 0.246 e. The molecule has 0 radical (unpaired) electrons. The quantitative estimate of drug-likeness (QED) is 0.925. The number of nitrogens with zero attached hydrogens (tertiary/aromatic N) is 1. The Hall–Kier alpha value is -1.78. The van der Waals surface area contributed by atoms with Crippen molar-refractivity contribution in [1.82, 2.24) is 0 Å². The van der Waals surface area contributed by atoms with Gasteiger partial charge >= 0.3 is 0 Å². The summed E-state index contributed by atoms with van der Waals surface area (Å²) in [5.41, 5.74) is 1.65. The summed E-state index contributed by atoms with van der Waals surface area (Å²) in [6.45, 7) is 1.81. The lowest BCUT2D eigenvalue weighted by atomic mass is 9.94. The normalized spacial score (nSPS) is 22.8. The molecule has 3 nitrogen and oxygen atoms in total. The van der Waals surface area contributed by atoms with Crippen LogP contribution >= 0.6 is 11.8 Å². The number of aliphatic hydroxyl groups excluding tert-OH is 1. The van der Waals surface area contributed by atoms with Crippen LogP contribution in [0.5, 0.6) is 0 Å². The molecule has 1 amide bonds. The summed E-state index contributed by atoms with van der Waals surface area (Å²) < 4.78 is -0.926. The predicted molar refractivity (Wildman–Crippen MR) is 85.5 cm³/mol. The van der Waals surface area contributed by atoms with Crippen LogP contribution in [0.4, 0.5) is 5.69 Å². The van der Waals surface area contributed by atoms with Gasteiger partial charge in [-0.05, 0) is 24.6 Å². The summed E-state index contributed by atoms with van der Waals surface area (Å²) in [6, 6.07) is 17.1. The zero-order valence-electron chi connectivity index (χ0n) is 12.0. The van der Waals surface area contributed by atoms with Crippen molar-refractivity contribution in [3.8, 4) is 0 Å². The van der Waals surface area contributed by atoms with E-state index in [2.05, 4.69) is 0 Å². The number of carbonyl (C=O) groups excluding carboxylic acids is 1. The Balaban J connectivity index is 2.04. The van der Waals surface area contributed by atoms with Crippen LogP contribution in [0.25, 0.3) is 0 Å². The molecule has 0 saturated carbocycles. The van der Waals surface area contributed by atoms with Crippen LogP contribution in [0.2, 0.25) is 0 Å². The van der Waals surface area contributed by atoms with Gasteiger partial charge in [0.2, 0.25) is 5.91 Å². The first-order valence-electron chi connectivity index (χ1n) is 6.83. The average molecular weight is 299 g/mol.